The van der Waals surface area contributed by atoms with E-state index in [0.717, 1.165) is 18.7 Å². The molecule has 1 aromatic carbocycles. The van der Waals surface area contributed by atoms with Crippen molar-refractivity contribution in [3.05, 3.63) is 28.3 Å². The molecule has 0 atom stereocenters. The van der Waals surface area contributed by atoms with Gasteiger partial charge in [-0.25, -0.2) is 4.99 Å². The van der Waals surface area contributed by atoms with Crippen molar-refractivity contribution in [3.63, 3.8) is 0 Å². The third-order valence-electron chi connectivity index (χ3n) is 4.08. The monoisotopic (exact) mass is 300 g/mol. The average molecular weight is 300 g/mol. The van der Waals surface area contributed by atoms with Gasteiger partial charge in [0.15, 0.2) is 0 Å². The van der Waals surface area contributed by atoms with Crippen LogP contribution >= 0.6 is 0 Å². The number of rotatable bonds is 6. The molecule has 0 spiro atoms. The number of nitrogens with zero attached hydrogens (tertiary/aromatic N) is 2. The second kappa shape index (κ2) is 8.29. The van der Waals surface area contributed by atoms with Crippen molar-refractivity contribution in [2.75, 3.05) is 6.54 Å². The van der Waals surface area contributed by atoms with E-state index >= 15 is 0 Å². The van der Waals surface area contributed by atoms with Crippen LogP contribution in [0.4, 0.5) is 5.69 Å². The molecule has 0 bridgehead atoms. The SMILES string of the molecule is CCN=C=Nc1c(C(C)C)cc(C(C)C)c(CC)c1C(C)C. The molecule has 0 aliphatic carbocycles. The summed E-state index contributed by atoms with van der Waals surface area (Å²) in [5.74, 6) is 1.43. The molecule has 22 heavy (non-hydrogen) atoms. The van der Waals surface area contributed by atoms with Gasteiger partial charge in [0.2, 0.25) is 0 Å². The van der Waals surface area contributed by atoms with Crippen LogP contribution in [0.3, 0.4) is 0 Å². The Labute approximate surface area is 136 Å². The largest absolute Gasteiger partial charge is 0.226 e. The van der Waals surface area contributed by atoms with Crippen molar-refractivity contribution in [2.24, 2.45) is 9.98 Å². The smallest absolute Gasteiger partial charge is 0.0949 e. The van der Waals surface area contributed by atoms with Gasteiger partial charge in [0.05, 0.1) is 11.7 Å². The maximum absolute atomic E-state index is 4.63. The lowest BCUT2D eigenvalue weighted by molar-refractivity contribution is 0.780. The Bertz CT molecular complexity index is 560. The Kier molecular flexibility index (Phi) is 7.03. The molecule has 0 aliphatic heterocycles. The highest BCUT2D eigenvalue weighted by atomic mass is 14.8. The van der Waals surface area contributed by atoms with Gasteiger partial charge >= 0.3 is 0 Å². The molecule has 0 aromatic heterocycles. The molecule has 0 fully saturated rings. The summed E-state index contributed by atoms with van der Waals surface area (Å²) in [4.78, 5) is 8.80. The molecular weight excluding hydrogens is 268 g/mol. The molecule has 2 nitrogen and oxygen atoms in total. The van der Waals surface area contributed by atoms with E-state index in [-0.39, 0.29) is 0 Å². The Morgan fingerprint density at radius 2 is 1.50 bits per heavy atom. The van der Waals surface area contributed by atoms with Gasteiger partial charge in [-0.2, -0.15) is 4.99 Å². The van der Waals surface area contributed by atoms with Gasteiger partial charge < -0.3 is 0 Å². The standard InChI is InChI=1S/C20H32N2/c1-9-16-17(13(3)4)11-18(14(5)6)20(19(16)15(7)8)22-12-21-10-2/h11,13-15H,9-10H2,1-8H3. The van der Waals surface area contributed by atoms with Crippen LogP contribution in [-0.2, 0) is 6.42 Å². The summed E-state index contributed by atoms with van der Waals surface area (Å²) in [6, 6.07) is 5.26. The molecule has 0 aliphatic rings. The van der Waals surface area contributed by atoms with E-state index < -0.39 is 0 Å². The van der Waals surface area contributed by atoms with Gasteiger partial charge in [-0.1, -0.05) is 54.5 Å². The fourth-order valence-corrected chi connectivity index (χ4v) is 3.03. The second-order valence-electron chi connectivity index (χ2n) is 6.80. The number of hydrogen-bond acceptors (Lipinski definition) is 2. The normalized spacial score (nSPS) is 11.2. The number of hydrogen-bond donors (Lipinski definition) is 0. The summed E-state index contributed by atoms with van der Waals surface area (Å²) in [5.41, 5.74) is 6.75. The Balaban J connectivity index is 3.80. The first-order valence-electron chi connectivity index (χ1n) is 8.66. The first kappa shape index (κ1) is 18.6. The van der Waals surface area contributed by atoms with Crippen LogP contribution in [-0.4, -0.2) is 12.6 Å². The molecule has 0 saturated carbocycles. The van der Waals surface area contributed by atoms with Gasteiger partial charge in [0, 0.05) is 6.54 Å². The highest BCUT2D eigenvalue weighted by molar-refractivity contribution is 5.66. The van der Waals surface area contributed by atoms with Gasteiger partial charge in [0.25, 0.3) is 0 Å². The molecule has 122 valence electrons. The van der Waals surface area contributed by atoms with Gasteiger partial charge in [-0.15, -0.1) is 0 Å². The summed E-state index contributed by atoms with van der Waals surface area (Å²) >= 11 is 0. The van der Waals surface area contributed by atoms with E-state index in [0.29, 0.717) is 17.8 Å². The summed E-state index contributed by atoms with van der Waals surface area (Å²) in [6.07, 6.45) is 1.05. The second-order valence-corrected chi connectivity index (χ2v) is 6.80. The van der Waals surface area contributed by atoms with Crippen LogP contribution in [0.15, 0.2) is 16.1 Å². The maximum Gasteiger partial charge on any atom is 0.0949 e. The lowest BCUT2D eigenvalue weighted by atomic mass is 9.82. The van der Waals surface area contributed by atoms with E-state index in [4.69, 9.17) is 0 Å². The molecule has 1 rings (SSSR count). The lowest BCUT2D eigenvalue weighted by Crippen LogP contribution is -2.07. The zero-order valence-electron chi connectivity index (χ0n) is 15.6. The molecule has 0 N–H and O–H groups in total. The van der Waals surface area contributed by atoms with Gasteiger partial charge in [-0.05, 0) is 53.4 Å². The van der Waals surface area contributed by atoms with E-state index in [1.807, 2.05) is 6.92 Å². The van der Waals surface area contributed by atoms with Gasteiger partial charge in [-0.3, -0.25) is 0 Å². The third-order valence-corrected chi connectivity index (χ3v) is 4.08. The molecule has 0 radical (unpaired) electrons. The van der Waals surface area contributed by atoms with Crippen molar-refractivity contribution in [3.8, 4) is 0 Å². The summed E-state index contributed by atoms with van der Waals surface area (Å²) in [5, 5.41) is 0. The zero-order chi connectivity index (χ0) is 16.9. The van der Waals surface area contributed by atoms with Crippen molar-refractivity contribution >= 4 is 11.7 Å². The van der Waals surface area contributed by atoms with Crippen LogP contribution in [0, 0.1) is 0 Å². The quantitative estimate of drug-likeness (QED) is 0.540. The molecule has 1 aromatic rings. The minimum atomic E-state index is 0.447. The van der Waals surface area contributed by atoms with E-state index in [2.05, 4.69) is 70.5 Å². The molecule has 2 heteroatoms. The van der Waals surface area contributed by atoms with Crippen LogP contribution in [0.5, 0.6) is 0 Å². The fraction of sp³-hybridized carbons (Fsp3) is 0.650. The van der Waals surface area contributed by atoms with E-state index in [1.54, 1.807) is 0 Å². The topological polar surface area (TPSA) is 24.7 Å². The Morgan fingerprint density at radius 1 is 0.909 bits per heavy atom. The zero-order valence-corrected chi connectivity index (χ0v) is 15.6. The lowest BCUT2D eigenvalue weighted by Gasteiger charge is -2.24. The minimum Gasteiger partial charge on any atom is -0.226 e. The Morgan fingerprint density at radius 3 is 1.91 bits per heavy atom. The number of aliphatic imine (C=N–C) groups is 2. The first-order valence-corrected chi connectivity index (χ1v) is 8.66. The summed E-state index contributed by atoms with van der Waals surface area (Å²) < 4.78 is 0. The van der Waals surface area contributed by atoms with Crippen LogP contribution in [0.1, 0.15) is 95.4 Å². The van der Waals surface area contributed by atoms with E-state index in [1.165, 1.54) is 22.3 Å². The molecule has 0 saturated heterocycles. The van der Waals surface area contributed by atoms with Crippen LogP contribution < -0.4 is 0 Å². The average Bonchev–Trinajstić information content (AvgIpc) is 2.45. The molecule has 0 heterocycles. The number of benzene rings is 1. The first-order chi connectivity index (χ1) is 10.3. The van der Waals surface area contributed by atoms with Gasteiger partial charge in [0.1, 0.15) is 0 Å². The maximum atomic E-state index is 4.63. The van der Waals surface area contributed by atoms with Crippen molar-refractivity contribution < 1.29 is 0 Å². The summed E-state index contributed by atoms with van der Waals surface area (Å²) in [7, 11) is 0. The highest BCUT2D eigenvalue weighted by Crippen LogP contribution is 2.41. The Hall–Kier alpha value is -1.40. The van der Waals surface area contributed by atoms with Crippen molar-refractivity contribution in [2.45, 2.75) is 79.6 Å². The molecule has 0 unspecified atom stereocenters. The predicted octanol–water partition coefficient (Wildman–Crippen LogP) is 6.44. The van der Waals surface area contributed by atoms with Crippen LogP contribution in [0.25, 0.3) is 0 Å². The van der Waals surface area contributed by atoms with E-state index in [9.17, 15) is 0 Å². The molecule has 0 amide bonds. The fourth-order valence-electron chi connectivity index (χ4n) is 3.03. The summed E-state index contributed by atoms with van der Waals surface area (Å²) in [6.45, 7) is 18.6. The highest BCUT2D eigenvalue weighted by Gasteiger charge is 2.21. The van der Waals surface area contributed by atoms with Crippen molar-refractivity contribution in [1.82, 2.24) is 0 Å². The third kappa shape index (κ3) is 4.08. The predicted molar refractivity (Wildman–Crippen MR) is 98.2 cm³/mol. The van der Waals surface area contributed by atoms with Crippen LogP contribution in [0.2, 0.25) is 0 Å². The van der Waals surface area contributed by atoms with Crippen molar-refractivity contribution in [1.29, 1.82) is 0 Å². The minimum absolute atomic E-state index is 0.447. The molecular formula is C20H32N2.